The fourth-order valence-corrected chi connectivity index (χ4v) is 3.86. The fourth-order valence-electron chi connectivity index (χ4n) is 3.86. The van der Waals surface area contributed by atoms with Crippen molar-refractivity contribution in [3.8, 4) is 17.0 Å². The molecule has 0 spiro atoms. The first kappa shape index (κ1) is 16.1. The van der Waals surface area contributed by atoms with E-state index in [0.717, 1.165) is 24.1 Å². The largest absolute Gasteiger partial charge is 0.507 e. The standard InChI is InChI=1S/C19H26N2O2/c1-12(2)14-9-8-13(3)17-18(15-6-4-5-7-16(15)23)20-21(10-11-22)19(14)17/h4-7,12-14,22-23H,8-11H2,1-3H3/t13-,14+/m1/s1. The molecular weight excluding hydrogens is 288 g/mol. The van der Waals surface area contributed by atoms with Gasteiger partial charge < -0.3 is 10.2 Å². The van der Waals surface area contributed by atoms with E-state index in [4.69, 9.17) is 5.10 Å². The third-order valence-electron chi connectivity index (χ3n) is 5.06. The maximum absolute atomic E-state index is 10.3. The average Bonchev–Trinajstić information content (AvgIpc) is 2.88. The Kier molecular flexibility index (Phi) is 4.44. The predicted molar refractivity (Wildman–Crippen MR) is 91.6 cm³/mol. The number of aromatic nitrogens is 2. The highest BCUT2D eigenvalue weighted by Crippen LogP contribution is 2.47. The monoisotopic (exact) mass is 314 g/mol. The second-order valence-electron chi connectivity index (χ2n) is 6.94. The van der Waals surface area contributed by atoms with Crippen molar-refractivity contribution in [3.05, 3.63) is 35.5 Å². The lowest BCUT2D eigenvalue weighted by atomic mass is 9.75. The molecule has 2 aromatic rings. The van der Waals surface area contributed by atoms with E-state index in [1.54, 1.807) is 6.07 Å². The van der Waals surface area contributed by atoms with Crippen LogP contribution in [0.5, 0.6) is 5.75 Å². The van der Waals surface area contributed by atoms with Gasteiger partial charge in [0.2, 0.25) is 0 Å². The molecule has 1 aliphatic carbocycles. The van der Waals surface area contributed by atoms with Crippen LogP contribution >= 0.6 is 0 Å². The lowest BCUT2D eigenvalue weighted by Gasteiger charge is -2.31. The molecule has 3 rings (SSSR count). The van der Waals surface area contributed by atoms with E-state index < -0.39 is 0 Å². The van der Waals surface area contributed by atoms with Crippen molar-refractivity contribution < 1.29 is 10.2 Å². The number of aliphatic hydroxyl groups is 1. The number of phenols is 1. The highest BCUT2D eigenvalue weighted by molar-refractivity contribution is 5.71. The third-order valence-corrected chi connectivity index (χ3v) is 5.06. The van der Waals surface area contributed by atoms with Crippen molar-refractivity contribution in [2.24, 2.45) is 5.92 Å². The normalized spacial score (nSPS) is 20.7. The number of benzene rings is 1. The van der Waals surface area contributed by atoms with Crippen LogP contribution in [0.25, 0.3) is 11.3 Å². The lowest BCUT2D eigenvalue weighted by Crippen LogP contribution is -2.21. The zero-order valence-electron chi connectivity index (χ0n) is 14.2. The van der Waals surface area contributed by atoms with Gasteiger partial charge in [0.05, 0.1) is 18.8 Å². The minimum absolute atomic E-state index is 0.0769. The molecule has 1 aromatic heterocycles. The number of hydrogen-bond donors (Lipinski definition) is 2. The van der Waals surface area contributed by atoms with E-state index >= 15 is 0 Å². The summed E-state index contributed by atoms with van der Waals surface area (Å²) in [5.74, 6) is 1.68. The van der Waals surface area contributed by atoms with Crippen molar-refractivity contribution in [2.75, 3.05) is 6.61 Å². The zero-order chi connectivity index (χ0) is 16.6. The van der Waals surface area contributed by atoms with E-state index in [9.17, 15) is 10.2 Å². The number of fused-ring (bicyclic) bond motifs is 1. The summed E-state index contributed by atoms with van der Waals surface area (Å²) in [7, 11) is 0. The molecule has 0 fully saturated rings. The Bertz CT molecular complexity index is 691. The highest BCUT2D eigenvalue weighted by atomic mass is 16.3. The second-order valence-corrected chi connectivity index (χ2v) is 6.94. The number of aromatic hydroxyl groups is 1. The van der Waals surface area contributed by atoms with Crippen LogP contribution in [-0.2, 0) is 6.54 Å². The summed E-state index contributed by atoms with van der Waals surface area (Å²) < 4.78 is 1.97. The van der Waals surface area contributed by atoms with Gasteiger partial charge in [-0.05, 0) is 36.8 Å². The van der Waals surface area contributed by atoms with Crippen LogP contribution < -0.4 is 0 Å². The van der Waals surface area contributed by atoms with Gasteiger partial charge in [-0.3, -0.25) is 4.68 Å². The molecule has 0 saturated carbocycles. The summed E-state index contributed by atoms with van der Waals surface area (Å²) in [6.45, 7) is 7.32. The van der Waals surface area contributed by atoms with Crippen molar-refractivity contribution in [2.45, 2.75) is 52.0 Å². The molecule has 1 aromatic carbocycles. The first-order valence-corrected chi connectivity index (χ1v) is 8.54. The Hall–Kier alpha value is -1.81. The number of nitrogens with zero attached hydrogens (tertiary/aromatic N) is 2. The Morgan fingerprint density at radius 1 is 1.26 bits per heavy atom. The molecule has 124 valence electrons. The van der Waals surface area contributed by atoms with Gasteiger partial charge in [0.25, 0.3) is 0 Å². The quantitative estimate of drug-likeness (QED) is 0.900. The second kappa shape index (κ2) is 6.36. The maximum atomic E-state index is 10.3. The van der Waals surface area contributed by atoms with E-state index in [0.29, 0.717) is 24.3 Å². The van der Waals surface area contributed by atoms with Crippen molar-refractivity contribution >= 4 is 0 Å². The molecule has 0 saturated heterocycles. The Morgan fingerprint density at radius 3 is 2.65 bits per heavy atom. The van der Waals surface area contributed by atoms with Crippen LogP contribution in [0.4, 0.5) is 0 Å². The van der Waals surface area contributed by atoms with Crippen LogP contribution in [0.15, 0.2) is 24.3 Å². The smallest absolute Gasteiger partial charge is 0.125 e. The molecule has 23 heavy (non-hydrogen) atoms. The number of hydrogen-bond acceptors (Lipinski definition) is 3. The van der Waals surface area contributed by atoms with Gasteiger partial charge in [-0.15, -0.1) is 0 Å². The molecule has 0 unspecified atom stereocenters. The summed E-state index contributed by atoms with van der Waals surface area (Å²) in [6.07, 6.45) is 2.30. The predicted octanol–water partition coefficient (Wildman–Crippen LogP) is 3.88. The van der Waals surface area contributed by atoms with Crippen LogP contribution in [0.3, 0.4) is 0 Å². The number of phenolic OH excluding ortho intramolecular Hbond substituents is 1. The number of rotatable bonds is 4. The summed E-state index contributed by atoms with van der Waals surface area (Å²) in [5, 5.41) is 24.5. The summed E-state index contributed by atoms with van der Waals surface area (Å²) >= 11 is 0. The fraction of sp³-hybridized carbons (Fsp3) is 0.526. The average molecular weight is 314 g/mol. The molecular formula is C19H26N2O2. The molecule has 0 radical (unpaired) electrons. The van der Waals surface area contributed by atoms with Crippen molar-refractivity contribution in [1.29, 1.82) is 0 Å². The Labute approximate surface area is 137 Å². The van der Waals surface area contributed by atoms with E-state index in [1.165, 1.54) is 11.3 Å². The van der Waals surface area contributed by atoms with Gasteiger partial charge >= 0.3 is 0 Å². The van der Waals surface area contributed by atoms with Gasteiger partial charge in [0.1, 0.15) is 5.75 Å². The Balaban J connectivity index is 2.23. The number of aliphatic hydroxyl groups excluding tert-OH is 1. The Morgan fingerprint density at radius 2 is 2.00 bits per heavy atom. The van der Waals surface area contributed by atoms with Crippen LogP contribution in [0.1, 0.15) is 56.7 Å². The van der Waals surface area contributed by atoms with Crippen LogP contribution in [0, 0.1) is 5.92 Å². The topological polar surface area (TPSA) is 58.3 Å². The SMILES string of the molecule is CC(C)[C@@H]1CC[C@@H](C)c2c(-c3ccccc3O)nn(CCO)c21. The van der Waals surface area contributed by atoms with E-state index in [1.807, 2.05) is 22.9 Å². The molecule has 4 heteroatoms. The summed E-state index contributed by atoms with van der Waals surface area (Å²) in [6, 6.07) is 7.39. The molecule has 4 nitrogen and oxygen atoms in total. The van der Waals surface area contributed by atoms with Crippen LogP contribution in [0.2, 0.25) is 0 Å². The molecule has 1 heterocycles. The van der Waals surface area contributed by atoms with Crippen LogP contribution in [-0.4, -0.2) is 26.6 Å². The first-order chi connectivity index (χ1) is 11.0. The molecule has 0 bridgehead atoms. The molecule has 1 aliphatic rings. The van der Waals surface area contributed by atoms with Gasteiger partial charge in [0, 0.05) is 22.7 Å². The van der Waals surface area contributed by atoms with Crippen molar-refractivity contribution in [3.63, 3.8) is 0 Å². The number of para-hydroxylation sites is 1. The zero-order valence-corrected chi connectivity index (χ0v) is 14.2. The van der Waals surface area contributed by atoms with Gasteiger partial charge in [-0.25, -0.2) is 0 Å². The molecule has 0 aliphatic heterocycles. The van der Waals surface area contributed by atoms with Gasteiger partial charge in [-0.2, -0.15) is 5.10 Å². The summed E-state index contributed by atoms with van der Waals surface area (Å²) in [5.41, 5.74) is 4.18. The molecule has 0 amide bonds. The lowest BCUT2D eigenvalue weighted by molar-refractivity contribution is 0.261. The van der Waals surface area contributed by atoms with Gasteiger partial charge in [0.15, 0.2) is 0 Å². The van der Waals surface area contributed by atoms with Gasteiger partial charge in [-0.1, -0.05) is 32.9 Å². The minimum Gasteiger partial charge on any atom is -0.507 e. The van der Waals surface area contributed by atoms with E-state index in [2.05, 4.69) is 20.8 Å². The minimum atomic E-state index is 0.0769. The first-order valence-electron chi connectivity index (χ1n) is 8.54. The van der Waals surface area contributed by atoms with E-state index in [-0.39, 0.29) is 12.4 Å². The summed E-state index contributed by atoms with van der Waals surface area (Å²) in [4.78, 5) is 0. The third kappa shape index (κ3) is 2.76. The molecule has 2 N–H and O–H groups in total. The molecule has 2 atom stereocenters. The highest BCUT2D eigenvalue weighted by Gasteiger charge is 2.34. The van der Waals surface area contributed by atoms with Crippen molar-refractivity contribution in [1.82, 2.24) is 9.78 Å². The maximum Gasteiger partial charge on any atom is 0.125 e.